The molecule has 2 fully saturated rings. The van der Waals surface area contributed by atoms with Crippen LogP contribution < -0.4 is 4.90 Å². The fraction of sp³-hybridized carbons (Fsp3) is 0.500. The molecule has 152 valence electrons. The van der Waals surface area contributed by atoms with Gasteiger partial charge in [-0.1, -0.05) is 11.6 Å². The summed E-state index contributed by atoms with van der Waals surface area (Å²) in [6.07, 6.45) is 4.38. The third-order valence-corrected chi connectivity index (χ3v) is 6.05. The highest BCUT2D eigenvalue weighted by atomic mass is 35.5. The number of pyridine rings is 1. The maximum atomic E-state index is 6.52. The predicted octanol–water partition coefficient (Wildman–Crippen LogP) is 2.56. The Morgan fingerprint density at radius 1 is 1.14 bits per heavy atom. The molecule has 2 saturated heterocycles. The quantitative estimate of drug-likeness (QED) is 0.653. The van der Waals surface area contributed by atoms with Crippen molar-refractivity contribution in [1.82, 2.24) is 29.4 Å². The second-order valence-corrected chi connectivity index (χ2v) is 8.14. The number of halogens is 1. The van der Waals surface area contributed by atoms with E-state index in [1.54, 1.807) is 18.5 Å². The number of ether oxygens (including phenoxy) is 1. The van der Waals surface area contributed by atoms with Crippen LogP contribution in [0.4, 0.5) is 5.82 Å². The molecule has 0 spiro atoms. The Morgan fingerprint density at radius 2 is 1.97 bits per heavy atom. The van der Waals surface area contributed by atoms with Gasteiger partial charge in [0, 0.05) is 45.2 Å². The summed E-state index contributed by atoms with van der Waals surface area (Å²) >= 11 is 6.52. The fourth-order valence-corrected chi connectivity index (χ4v) is 4.30. The Balaban J connectivity index is 1.73. The normalized spacial score (nSPS) is 20.7. The molecule has 0 unspecified atom stereocenters. The highest BCUT2D eigenvalue weighted by Gasteiger charge is 2.29. The first-order chi connectivity index (χ1) is 14.1. The molecule has 29 heavy (non-hydrogen) atoms. The average molecular weight is 414 g/mol. The van der Waals surface area contributed by atoms with Crippen molar-refractivity contribution in [3.05, 3.63) is 29.3 Å². The van der Waals surface area contributed by atoms with Gasteiger partial charge in [-0.15, -0.1) is 0 Å². The number of aromatic nitrogens is 5. The molecular weight excluding hydrogens is 390 g/mol. The van der Waals surface area contributed by atoms with E-state index >= 15 is 0 Å². The van der Waals surface area contributed by atoms with Crippen LogP contribution in [0.5, 0.6) is 0 Å². The minimum atomic E-state index is 0.168. The van der Waals surface area contributed by atoms with Crippen LogP contribution in [0.25, 0.3) is 22.6 Å². The van der Waals surface area contributed by atoms with Gasteiger partial charge in [0.2, 0.25) is 0 Å². The van der Waals surface area contributed by atoms with Crippen LogP contribution in [0, 0.1) is 6.92 Å². The largest absolute Gasteiger partial charge is 0.379 e. The van der Waals surface area contributed by atoms with Crippen LogP contribution in [-0.2, 0) is 4.74 Å². The lowest BCUT2D eigenvalue weighted by molar-refractivity contribution is 0.187. The van der Waals surface area contributed by atoms with E-state index in [2.05, 4.69) is 26.4 Å². The van der Waals surface area contributed by atoms with E-state index in [-0.39, 0.29) is 6.04 Å². The highest BCUT2D eigenvalue weighted by molar-refractivity contribution is 6.33. The molecule has 3 aromatic heterocycles. The van der Waals surface area contributed by atoms with Gasteiger partial charge in [-0.2, -0.15) is 0 Å². The van der Waals surface area contributed by atoms with Crippen molar-refractivity contribution < 1.29 is 4.74 Å². The van der Waals surface area contributed by atoms with Crippen LogP contribution in [0.2, 0.25) is 5.02 Å². The molecule has 0 aromatic carbocycles. The lowest BCUT2D eigenvalue weighted by atomic mass is 10.2. The zero-order valence-electron chi connectivity index (χ0n) is 16.7. The van der Waals surface area contributed by atoms with Crippen LogP contribution in [0.3, 0.4) is 0 Å². The molecule has 0 saturated carbocycles. The first-order valence-electron chi connectivity index (χ1n) is 9.99. The highest BCUT2D eigenvalue weighted by Crippen LogP contribution is 2.36. The number of piperazine rings is 1. The number of nitrogens with zero attached hydrogens (tertiary/aromatic N) is 7. The van der Waals surface area contributed by atoms with E-state index in [0.717, 1.165) is 73.4 Å². The number of imidazole rings is 1. The maximum absolute atomic E-state index is 6.52. The SMILES string of the molecule is Cc1nc(N2CCN(C)CC2)c2nc(-c3cnccc3Cl)n([C@@H]3CCOC3)c2n1. The molecule has 0 radical (unpaired) electrons. The van der Waals surface area contributed by atoms with E-state index < -0.39 is 0 Å². The first kappa shape index (κ1) is 18.7. The Labute approximate surface area is 174 Å². The fourth-order valence-electron chi connectivity index (χ4n) is 4.11. The third kappa shape index (κ3) is 3.35. The van der Waals surface area contributed by atoms with Gasteiger partial charge in [-0.05, 0) is 26.5 Å². The van der Waals surface area contributed by atoms with Crippen molar-refractivity contribution in [1.29, 1.82) is 0 Å². The lowest BCUT2D eigenvalue weighted by Gasteiger charge is -2.33. The number of anilines is 1. The smallest absolute Gasteiger partial charge is 0.166 e. The standard InChI is InChI=1S/C20H24ClN7O/c1-13-23-19(27-8-6-26(2)7-9-27)17-20(24-13)28(14-4-10-29-12-14)18(25-17)15-11-22-5-3-16(15)21/h3,5,11,14H,4,6-10,12H2,1-2H3/t14-/m1/s1. The minimum absolute atomic E-state index is 0.168. The number of aryl methyl sites for hydroxylation is 1. The monoisotopic (exact) mass is 413 g/mol. The summed E-state index contributed by atoms with van der Waals surface area (Å²) in [5.41, 5.74) is 2.47. The van der Waals surface area contributed by atoms with Crippen molar-refractivity contribution >= 4 is 28.6 Å². The van der Waals surface area contributed by atoms with E-state index in [0.29, 0.717) is 11.6 Å². The average Bonchev–Trinajstić information content (AvgIpc) is 3.36. The molecule has 0 bridgehead atoms. The van der Waals surface area contributed by atoms with Gasteiger partial charge < -0.3 is 19.1 Å². The topological polar surface area (TPSA) is 72.2 Å². The Bertz CT molecular complexity index is 1040. The predicted molar refractivity (Wildman–Crippen MR) is 112 cm³/mol. The van der Waals surface area contributed by atoms with Gasteiger partial charge in [0.25, 0.3) is 0 Å². The van der Waals surface area contributed by atoms with Gasteiger partial charge in [0.1, 0.15) is 11.6 Å². The van der Waals surface area contributed by atoms with E-state index in [9.17, 15) is 0 Å². The first-order valence-corrected chi connectivity index (χ1v) is 10.4. The van der Waals surface area contributed by atoms with Gasteiger partial charge in [-0.25, -0.2) is 15.0 Å². The number of rotatable bonds is 3. The second kappa shape index (κ2) is 7.51. The Kier molecular flexibility index (Phi) is 4.85. The maximum Gasteiger partial charge on any atom is 0.166 e. The van der Waals surface area contributed by atoms with E-state index in [1.807, 2.05) is 6.92 Å². The van der Waals surface area contributed by atoms with Crippen molar-refractivity contribution in [2.24, 2.45) is 0 Å². The summed E-state index contributed by atoms with van der Waals surface area (Å²) in [7, 11) is 2.15. The van der Waals surface area contributed by atoms with Gasteiger partial charge in [0.05, 0.1) is 23.2 Å². The Hall–Kier alpha value is -2.29. The summed E-state index contributed by atoms with van der Waals surface area (Å²) < 4.78 is 7.86. The Morgan fingerprint density at radius 3 is 2.69 bits per heavy atom. The number of fused-ring (bicyclic) bond motifs is 1. The molecule has 8 nitrogen and oxygen atoms in total. The van der Waals surface area contributed by atoms with Crippen LogP contribution in [0.1, 0.15) is 18.3 Å². The summed E-state index contributed by atoms with van der Waals surface area (Å²) in [4.78, 5) is 23.5. The lowest BCUT2D eigenvalue weighted by Crippen LogP contribution is -2.45. The summed E-state index contributed by atoms with van der Waals surface area (Å²) in [6, 6.07) is 1.96. The van der Waals surface area contributed by atoms with Crippen molar-refractivity contribution in [3.63, 3.8) is 0 Å². The third-order valence-electron chi connectivity index (χ3n) is 5.72. The summed E-state index contributed by atoms with van der Waals surface area (Å²) in [5, 5.41) is 0.626. The molecule has 1 atom stereocenters. The number of likely N-dealkylation sites (N-methyl/N-ethyl adjacent to an activating group) is 1. The molecule has 0 aliphatic carbocycles. The van der Waals surface area contributed by atoms with Crippen LogP contribution >= 0.6 is 11.6 Å². The second-order valence-electron chi connectivity index (χ2n) is 7.74. The summed E-state index contributed by atoms with van der Waals surface area (Å²) in [6.45, 7) is 7.17. The molecule has 0 amide bonds. The van der Waals surface area contributed by atoms with Gasteiger partial charge >= 0.3 is 0 Å². The van der Waals surface area contributed by atoms with Crippen LogP contribution in [0.15, 0.2) is 18.5 Å². The number of hydrogen-bond acceptors (Lipinski definition) is 7. The zero-order chi connectivity index (χ0) is 20.0. The van der Waals surface area contributed by atoms with E-state index in [1.165, 1.54) is 0 Å². The molecule has 3 aromatic rings. The van der Waals surface area contributed by atoms with Gasteiger partial charge in [-0.3, -0.25) is 4.98 Å². The molecule has 2 aliphatic rings. The molecule has 9 heteroatoms. The van der Waals surface area contributed by atoms with Crippen molar-refractivity contribution in [3.8, 4) is 11.4 Å². The van der Waals surface area contributed by atoms with E-state index in [4.69, 9.17) is 31.3 Å². The molecule has 5 rings (SSSR count). The molecule has 2 aliphatic heterocycles. The van der Waals surface area contributed by atoms with Crippen LogP contribution in [-0.4, -0.2) is 75.8 Å². The zero-order valence-corrected chi connectivity index (χ0v) is 17.4. The van der Waals surface area contributed by atoms with Gasteiger partial charge in [0.15, 0.2) is 17.0 Å². The van der Waals surface area contributed by atoms with Crippen molar-refractivity contribution in [2.45, 2.75) is 19.4 Å². The van der Waals surface area contributed by atoms with Crippen molar-refractivity contribution in [2.75, 3.05) is 51.3 Å². The minimum Gasteiger partial charge on any atom is -0.379 e. The molecular formula is C20H24ClN7O. The molecule has 0 N–H and O–H groups in total. The molecule has 5 heterocycles. The number of hydrogen-bond donors (Lipinski definition) is 0. The summed E-state index contributed by atoms with van der Waals surface area (Å²) in [5.74, 6) is 2.43.